The molecule has 1 aliphatic rings. The number of hydrogen-bond acceptors (Lipinski definition) is 3. The van der Waals surface area contributed by atoms with Crippen LogP contribution < -0.4 is 10.1 Å². The zero-order chi connectivity index (χ0) is 20.6. The first-order valence-corrected chi connectivity index (χ1v) is 10.6. The molecule has 0 saturated carbocycles. The maximum Gasteiger partial charge on any atom is 0.265 e. The van der Waals surface area contributed by atoms with Crippen molar-refractivity contribution in [1.29, 1.82) is 0 Å². The lowest BCUT2D eigenvalue weighted by molar-refractivity contribution is -0.122. The Hall–Kier alpha value is -2.53. The minimum Gasteiger partial charge on any atom is -0.479 e. The van der Waals surface area contributed by atoms with E-state index in [-0.39, 0.29) is 11.8 Å². The van der Waals surface area contributed by atoms with Gasteiger partial charge in [-0.3, -0.25) is 9.59 Å². The van der Waals surface area contributed by atoms with E-state index < -0.39 is 6.10 Å². The highest BCUT2D eigenvalue weighted by Gasteiger charge is 2.24. The molecule has 6 heteroatoms. The lowest BCUT2D eigenvalue weighted by Gasteiger charge is -2.23. The Balaban J connectivity index is 1.74. The van der Waals surface area contributed by atoms with Gasteiger partial charge in [0.25, 0.3) is 11.8 Å². The molecule has 154 valence electrons. The molecule has 0 unspecified atom stereocenters. The van der Waals surface area contributed by atoms with E-state index in [9.17, 15) is 9.59 Å². The van der Waals surface area contributed by atoms with E-state index in [2.05, 4.69) is 5.32 Å². The molecule has 1 N–H and O–H groups in total. The Kier molecular flexibility index (Phi) is 7.53. The zero-order valence-electron chi connectivity index (χ0n) is 16.7. The number of likely N-dealkylation sites (tertiary alicyclic amines) is 1. The maximum atomic E-state index is 13.1. The van der Waals surface area contributed by atoms with Crippen LogP contribution in [0.15, 0.2) is 48.5 Å². The van der Waals surface area contributed by atoms with Crippen molar-refractivity contribution in [2.24, 2.45) is 0 Å². The van der Waals surface area contributed by atoms with E-state index in [4.69, 9.17) is 16.3 Å². The molecule has 1 saturated heterocycles. The summed E-state index contributed by atoms with van der Waals surface area (Å²) in [5, 5.41) is 3.34. The zero-order valence-corrected chi connectivity index (χ0v) is 17.5. The summed E-state index contributed by atoms with van der Waals surface area (Å²) in [6, 6.07) is 14.2. The molecule has 1 aliphatic heterocycles. The summed E-state index contributed by atoms with van der Waals surface area (Å²) in [5.74, 6) is 0.122. The second kappa shape index (κ2) is 10.3. The molecule has 1 atom stereocenters. The lowest BCUT2D eigenvalue weighted by Crippen LogP contribution is -2.35. The molecule has 29 heavy (non-hydrogen) atoms. The molecular weight excluding hydrogens is 388 g/mol. The molecule has 2 aromatic rings. The lowest BCUT2D eigenvalue weighted by atomic mass is 10.1. The molecule has 3 rings (SSSR count). The van der Waals surface area contributed by atoms with Gasteiger partial charge in [-0.25, -0.2) is 0 Å². The number of halogens is 1. The van der Waals surface area contributed by atoms with Gasteiger partial charge < -0.3 is 15.0 Å². The van der Waals surface area contributed by atoms with Crippen molar-refractivity contribution in [3.05, 3.63) is 59.1 Å². The minimum atomic E-state index is -0.712. The van der Waals surface area contributed by atoms with Crippen molar-refractivity contribution < 1.29 is 14.3 Å². The van der Waals surface area contributed by atoms with Gasteiger partial charge in [0.15, 0.2) is 6.10 Å². The molecule has 0 spiro atoms. The van der Waals surface area contributed by atoms with Crippen molar-refractivity contribution in [2.45, 2.75) is 45.1 Å². The minimum absolute atomic E-state index is 0.0390. The van der Waals surface area contributed by atoms with Gasteiger partial charge in [-0.2, -0.15) is 0 Å². The molecule has 0 aromatic heterocycles. The van der Waals surface area contributed by atoms with E-state index in [1.165, 1.54) is 0 Å². The van der Waals surface area contributed by atoms with Crippen LogP contribution in [0.1, 0.15) is 49.4 Å². The first-order valence-electron chi connectivity index (χ1n) is 10.2. The molecule has 0 aliphatic carbocycles. The fourth-order valence-electron chi connectivity index (χ4n) is 3.45. The summed E-state index contributed by atoms with van der Waals surface area (Å²) >= 11 is 6.15. The van der Waals surface area contributed by atoms with E-state index in [1.807, 2.05) is 24.0 Å². The highest BCUT2D eigenvalue weighted by Crippen LogP contribution is 2.26. The van der Waals surface area contributed by atoms with Crippen molar-refractivity contribution in [3.8, 4) is 5.75 Å². The number of amides is 2. The van der Waals surface area contributed by atoms with Gasteiger partial charge in [0.05, 0.1) is 16.3 Å². The van der Waals surface area contributed by atoms with Crippen LogP contribution in [0.5, 0.6) is 5.75 Å². The number of hydrogen-bond donors (Lipinski definition) is 1. The summed E-state index contributed by atoms with van der Waals surface area (Å²) in [6.07, 6.45) is 4.10. The average Bonchev–Trinajstić information content (AvgIpc) is 3.02. The van der Waals surface area contributed by atoms with Crippen molar-refractivity contribution >= 4 is 29.1 Å². The number of carbonyl (C=O) groups is 2. The quantitative estimate of drug-likeness (QED) is 0.710. The van der Waals surface area contributed by atoms with E-state index in [0.29, 0.717) is 28.4 Å². The van der Waals surface area contributed by atoms with Crippen LogP contribution in [0.3, 0.4) is 0 Å². The van der Waals surface area contributed by atoms with Gasteiger partial charge >= 0.3 is 0 Å². The van der Waals surface area contributed by atoms with Crippen LogP contribution in [-0.4, -0.2) is 35.9 Å². The molecule has 1 heterocycles. The smallest absolute Gasteiger partial charge is 0.265 e. The first-order chi connectivity index (χ1) is 14.1. The van der Waals surface area contributed by atoms with Crippen LogP contribution in [0.4, 0.5) is 5.69 Å². The summed E-state index contributed by atoms with van der Waals surface area (Å²) in [4.78, 5) is 27.8. The predicted octanol–water partition coefficient (Wildman–Crippen LogP) is 5.15. The number of benzene rings is 2. The molecule has 2 amide bonds. The Morgan fingerprint density at radius 3 is 2.38 bits per heavy atom. The Morgan fingerprint density at radius 2 is 1.69 bits per heavy atom. The second-order valence-corrected chi connectivity index (χ2v) is 7.59. The highest BCUT2D eigenvalue weighted by atomic mass is 35.5. The van der Waals surface area contributed by atoms with Crippen molar-refractivity contribution in [3.63, 3.8) is 0 Å². The highest BCUT2D eigenvalue weighted by molar-refractivity contribution is 6.32. The number of nitrogens with zero attached hydrogens (tertiary/aromatic N) is 1. The van der Waals surface area contributed by atoms with E-state index in [1.54, 1.807) is 36.4 Å². The van der Waals surface area contributed by atoms with E-state index in [0.717, 1.165) is 38.8 Å². The third-order valence-corrected chi connectivity index (χ3v) is 5.39. The Bertz CT molecular complexity index is 848. The average molecular weight is 415 g/mol. The third-order valence-electron chi connectivity index (χ3n) is 5.08. The number of rotatable bonds is 6. The largest absolute Gasteiger partial charge is 0.479 e. The standard InChI is InChI=1S/C23H27ClN2O3/c1-2-20(29-21-14-8-6-12-18(21)24)22(27)25-19-13-7-5-11-17(19)23(28)26-15-9-3-4-10-16-26/h5-8,11-14,20H,2-4,9-10,15-16H2,1H3,(H,25,27)/t20-/m1/s1. The van der Waals surface area contributed by atoms with Crippen LogP contribution in [0, 0.1) is 0 Å². The summed E-state index contributed by atoms with van der Waals surface area (Å²) in [7, 11) is 0. The number of para-hydroxylation sites is 2. The van der Waals surface area contributed by atoms with Crippen LogP contribution in [0.2, 0.25) is 5.02 Å². The molecular formula is C23H27ClN2O3. The second-order valence-electron chi connectivity index (χ2n) is 7.19. The molecule has 2 aromatic carbocycles. The van der Waals surface area contributed by atoms with Crippen LogP contribution in [0.25, 0.3) is 0 Å². The maximum absolute atomic E-state index is 13.1. The van der Waals surface area contributed by atoms with Gasteiger partial charge in [0.2, 0.25) is 0 Å². The number of carbonyl (C=O) groups excluding carboxylic acids is 2. The van der Waals surface area contributed by atoms with Crippen molar-refractivity contribution in [2.75, 3.05) is 18.4 Å². The molecule has 0 radical (unpaired) electrons. The summed E-state index contributed by atoms with van der Waals surface area (Å²) < 4.78 is 5.82. The predicted molar refractivity (Wildman–Crippen MR) is 116 cm³/mol. The summed E-state index contributed by atoms with van der Waals surface area (Å²) in [6.45, 7) is 3.39. The third kappa shape index (κ3) is 5.51. The van der Waals surface area contributed by atoms with Crippen LogP contribution in [-0.2, 0) is 4.79 Å². The van der Waals surface area contributed by atoms with Gasteiger partial charge in [-0.1, -0.05) is 55.6 Å². The monoisotopic (exact) mass is 414 g/mol. The topological polar surface area (TPSA) is 58.6 Å². The van der Waals surface area contributed by atoms with Gasteiger partial charge in [-0.15, -0.1) is 0 Å². The van der Waals surface area contributed by atoms with Crippen LogP contribution >= 0.6 is 11.6 Å². The van der Waals surface area contributed by atoms with E-state index >= 15 is 0 Å². The fourth-order valence-corrected chi connectivity index (χ4v) is 3.63. The molecule has 1 fully saturated rings. The van der Waals surface area contributed by atoms with Gasteiger partial charge in [0, 0.05) is 13.1 Å². The fraction of sp³-hybridized carbons (Fsp3) is 0.391. The Morgan fingerprint density at radius 1 is 1.03 bits per heavy atom. The number of nitrogens with one attached hydrogen (secondary N) is 1. The molecule has 5 nitrogen and oxygen atoms in total. The first kappa shape index (κ1) is 21.2. The number of anilines is 1. The Labute approximate surface area is 177 Å². The summed E-state index contributed by atoms with van der Waals surface area (Å²) in [5.41, 5.74) is 1.02. The molecule has 0 bridgehead atoms. The van der Waals surface area contributed by atoms with Gasteiger partial charge in [0.1, 0.15) is 5.75 Å². The normalized spacial score (nSPS) is 15.3. The van der Waals surface area contributed by atoms with Gasteiger partial charge in [-0.05, 0) is 43.5 Å². The van der Waals surface area contributed by atoms with Crippen molar-refractivity contribution in [1.82, 2.24) is 4.90 Å². The SMILES string of the molecule is CC[C@@H](Oc1ccccc1Cl)C(=O)Nc1ccccc1C(=O)N1CCCCCC1. The number of ether oxygens (including phenoxy) is 1.